The van der Waals surface area contributed by atoms with Gasteiger partial charge >= 0.3 is 0 Å². The molecule has 0 rings (SSSR count). The average molecular weight is 114 g/mol. The van der Waals surface area contributed by atoms with Gasteiger partial charge in [0.1, 0.15) is 5.76 Å². The van der Waals surface area contributed by atoms with Crippen molar-refractivity contribution in [2.24, 2.45) is 5.84 Å². The maximum Gasteiger partial charge on any atom is 0.132 e. The third-order valence-electron chi connectivity index (χ3n) is 0.569. The Hall–Kier alpha value is -0.960. The van der Waals surface area contributed by atoms with Gasteiger partial charge in [0, 0.05) is 0 Å². The van der Waals surface area contributed by atoms with Crippen molar-refractivity contribution in [1.29, 1.82) is 0 Å². The first-order chi connectivity index (χ1) is 3.81. The molecule has 0 aliphatic rings. The van der Waals surface area contributed by atoms with Gasteiger partial charge in [0.2, 0.25) is 0 Å². The molecule has 0 aliphatic carbocycles. The standard InChI is InChI=1S/C5H10N2O/c1-2-3-5(8)4-7-6/h2-4,7-8H,6H2,1H3/b3-2+,5-4+. The summed E-state index contributed by atoms with van der Waals surface area (Å²) in [5.41, 5.74) is 2.19. The lowest BCUT2D eigenvalue weighted by atomic mass is 10.5. The highest BCUT2D eigenvalue weighted by Gasteiger charge is 1.76. The molecule has 0 atom stereocenters. The summed E-state index contributed by atoms with van der Waals surface area (Å²) < 4.78 is 0. The molecule has 46 valence electrons. The summed E-state index contributed by atoms with van der Waals surface area (Å²) in [6.45, 7) is 1.81. The van der Waals surface area contributed by atoms with Crippen LogP contribution in [-0.4, -0.2) is 5.11 Å². The van der Waals surface area contributed by atoms with Crippen molar-refractivity contribution in [3.05, 3.63) is 24.1 Å². The van der Waals surface area contributed by atoms with E-state index in [1.54, 1.807) is 13.0 Å². The van der Waals surface area contributed by atoms with Gasteiger partial charge < -0.3 is 10.5 Å². The maximum atomic E-state index is 8.68. The fourth-order valence-corrected chi connectivity index (χ4v) is 0.304. The molecule has 0 heterocycles. The van der Waals surface area contributed by atoms with Crippen LogP contribution in [0.15, 0.2) is 24.1 Å². The van der Waals surface area contributed by atoms with E-state index in [4.69, 9.17) is 10.9 Å². The zero-order chi connectivity index (χ0) is 6.41. The summed E-state index contributed by atoms with van der Waals surface area (Å²) in [7, 11) is 0. The van der Waals surface area contributed by atoms with Crippen LogP contribution in [0.5, 0.6) is 0 Å². The van der Waals surface area contributed by atoms with Gasteiger partial charge in [-0.1, -0.05) is 6.08 Å². The highest BCUT2D eigenvalue weighted by molar-refractivity contribution is 5.07. The molecule has 3 heteroatoms. The third-order valence-corrected chi connectivity index (χ3v) is 0.569. The Labute approximate surface area is 48.5 Å². The minimum Gasteiger partial charge on any atom is -0.506 e. The van der Waals surface area contributed by atoms with Crippen molar-refractivity contribution >= 4 is 0 Å². The van der Waals surface area contributed by atoms with Gasteiger partial charge in [-0.15, -0.1) is 0 Å². The van der Waals surface area contributed by atoms with E-state index in [-0.39, 0.29) is 5.76 Å². The second kappa shape index (κ2) is 4.21. The molecule has 0 aromatic carbocycles. The topological polar surface area (TPSA) is 58.3 Å². The first-order valence-corrected chi connectivity index (χ1v) is 2.29. The first-order valence-electron chi connectivity index (χ1n) is 2.29. The van der Waals surface area contributed by atoms with Crippen molar-refractivity contribution in [1.82, 2.24) is 5.43 Å². The average Bonchev–Trinajstić information content (AvgIpc) is 1.68. The maximum absolute atomic E-state index is 8.68. The fourth-order valence-electron chi connectivity index (χ4n) is 0.304. The quantitative estimate of drug-likeness (QED) is 0.211. The minimum absolute atomic E-state index is 0.120. The molecule has 0 aromatic heterocycles. The van der Waals surface area contributed by atoms with Gasteiger partial charge in [-0.2, -0.15) is 0 Å². The number of aliphatic hydroxyl groups is 1. The highest BCUT2D eigenvalue weighted by Crippen LogP contribution is 1.85. The van der Waals surface area contributed by atoms with E-state index >= 15 is 0 Å². The number of hydrogen-bond acceptors (Lipinski definition) is 3. The third kappa shape index (κ3) is 3.24. The highest BCUT2D eigenvalue weighted by atomic mass is 16.3. The monoisotopic (exact) mass is 114 g/mol. The second-order valence-corrected chi connectivity index (χ2v) is 1.24. The van der Waals surface area contributed by atoms with Gasteiger partial charge in [0.15, 0.2) is 0 Å². The molecular formula is C5H10N2O. The predicted molar refractivity (Wildman–Crippen MR) is 32.8 cm³/mol. The van der Waals surface area contributed by atoms with Crippen LogP contribution in [-0.2, 0) is 0 Å². The number of aliphatic hydroxyl groups excluding tert-OH is 1. The first kappa shape index (κ1) is 7.04. The SMILES string of the molecule is C/C=C/C(O)=C\NN. The van der Waals surface area contributed by atoms with E-state index in [9.17, 15) is 0 Å². The molecule has 0 aromatic rings. The van der Waals surface area contributed by atoms with Crippen LogP contribution < -0.4 is 11.3 Å². The van der Waals surface area contributed by atoms with Crippen LogP contribution in [0.4, 0.5) is 0 Å². The van der Waals surface area contributed by atoms with E-state index in [2.05, 4.69) is 5.43 Å². The van der Waals surface area contributed by atoms with Crippen LogP contribution in [0, 0.1) is 0 Å². The fraction of sp³-hybridized carbons (Fsp3) is 0.200. The molecule has 0 aliphatic heterocycles. The number of nitrogens with one attached hydrogen (secondary N) is 1. The molecule has 8 heavy (non-hydrogen) atoms. The Morgan fingerprint density at radius 3 is 2.75 bits per heavy atom. The Bertz CT molecular complexity index is 107. The number of hydrogen-bond donors (Lipinski definition) is 3. The molecule has 0 spiro atoms. The molecule has 0 amide bonds. The van der Waals surface area contributed by atoms with Gasteiger partial charge in [0.05, 0.1) is 6.20 Å². The van der Waals surface area contributed by atoms with Crippen LogP contribution in [0.1, 0.15) is 6.92 Å². The molecule has 0 saturated carbocycles. The molecule has 0 bridgehead atoms. The van der Waals surface area contributed by atoms with Crippen LogP contribution in [0.25, 0.3) is 0 Å². The lowest BCUT2D eigenvalue weighted by molar-refractivity contribution is 0.427. The number of nitrogens with two attached hydrogens (primary N) is 1. The van der Waals surface area contributed by atoms with E-state index in [0.717, 1.165) is 0 Å². The van der Waals surface area contributed by atoms with Crippen LogP contribution in [0.3, 0.4) is 0 Å². The lowest BCUT2D eigenvalue weighted by Crippen LogP contribution is -2.13. The largest absolute Gasteiger partial charge is 0.506 e. The van der Waals surface area contributed by atoms with Gasteiger partial charge in [0.25, 0.3) is 0 Å². The smallest absolute Gasteiger partial charge is 0.132 e. The Morgan fingerprint density at radius 1 is 1.75 bits per heavy atom. The molecule has 0 radical (unpaired) electrons. The van der Waals surface area contributed by atoms with Crippen molar-refractivity contribution in [2.45, 2.75) is 6.92 Å². The predicted octanol–water partition coefficient (Wildman–Crippen LogP) is 0.425. The molecule has 0 saturated heterocycles. The summed E-state index contributed by atoms with van der Waals surface area (Å²) in [4.78, 5) is 0. The zero-order valence-corrected chi connectivity index (χ0v) is 4.76. The summed E-state index contributed by atoms with van der Waals surface area (Å²) in [5, 5.41) is 8.68. The zero-order valence-electron chi connectivity index (χ0n) is 4.76. The van der Waals surface area contributed by atoms with E-state index in [1.165, 1.54) is 12.3 Å². The van der Waals surface area contributed by atoms with Gasteiger partial charge in [-0.05, 0) is 13.0 Å². The summed E-state index contributed by atoms with van der Waals surface area (Å²) >= 11 is 0. The Kier molecular flexibility index (Phi) is 3.70. The molecule has 0 unspecified atom stereocenters. The second-order valence-electron chi connectivity index (χ2n) is 1.24. The van der Waals surface area contributed by atoms with E-state index in [1.807, 2.05) is 0 Å². The minimum atomic E-state index is 0.120. The van der Waals surface area contributed by atoms with E-state index < -0.39 is 0 Å². The Balaban J connectivity index is 3.61. The summed E-state index contributed by atoms with van der Waals surface area (Å²) in [5.74, 6) is 4.96. The van der Waals surface area contributed by atoms with Crippen LogP contribution >= 0.6 is 0 Å². The molecular weight excluding hydrogens is 104 g/mol. The van der Waals surface area contributed by atoms with Crippen molar-refractivity contribution in [2.75, 3.05) is 0 Å². The number of rotatable bonds is 2. The van der Waals surface area contributed by atoms with Gasteiger partial charge in [-0.3, -0.25) is 5.84 Å². The molecule has 0 fully saturated rings. The van der Waals surface area contributed by atoms with Crippen LogP contribution in [0.2, 0.25) is 0 Å². The Morgan fingerprint density at radius 2 is 2.38 bits per heavy atom. The van der Waals surface area contributed by atoms with E-state index in [0.29, 0.717) is 0 Å². The lowest BCUT2D eigenvalue weighted by Gasteiger charge is -1.87. The summed E-state index contributed by atoms with van der Waals surface area (Å²) in [6, 6.07) is 0. The number of allylic oxidation sites excluding steroid dienone is 2. The molecule has 4 N–H and O–H groups in total. The normalized spacial score (nSPS) is 12.5. The van der Waals surface area contributed by atoms with Crippen molar-refractivity contribution in [3.8, 4) is 0 Å². The van der Waals surface area contributed by atoms with Crippen molar-refractivity contribution in [3.63, 3.8) is 0 Å². The summed E-state index contributed by atoms with van der Waals surface area (Å²) in [6.07, 6.45) is 4.53. The van der Waals surface area contributed by atoms with Gasteiger partial charge in [-0.25, -0.2) is 0 Å². The van der Waals surface area contributed by atoms with Crippen molar-refractivity contribution < 1.29 is 5.11 Å². The number of hydrazine groups is 1. The molecule has 3 nitrogen and oxygen atoms in total.